The van der Waals surface area contributed by atoms with E-state index in [2.05, 4.69) is 330 Å². The van der Waals surface area contributed by atoms with Gasteiger partial charge in [0.05, 0.1) is 22.8 Å². The summed E-state index contributed by atoms with van der Waals surface area (Å²) in [6, 6.07) is 66.2. The molecule has 1 aliphatic rings. The van der Waals surface area contributed by atoms with Crippen LogP contribution < -0.4 is 0 Å². The van der Waals surface area contributed by atoms with Crippen LogP contribution in [0.2, 0.25) is 10.0 Å². The van der Waals surface area contributed by atoms with Gasteiger partial charge < -0.3 is 19.6 Å². The van der Waals surface area contributed by atoms with E-state index in [1.54, 1.807) is 43.9 Å². The molecule has 23 heteroatoms. The van der Waals surface area contributed by atoms with Gasteiger partial charge in [-0.05, 0) is 322 Å². The van der Waals surface area contributed by atoms with Crippen LogP contribution in [0.3, 0.4) is 0 Å². The van der Waals surface area contributed by atoms with E-state index in [1.165, 1.54) is 93.2 Å². The summed E-state index contributed by atoms with van der Waals surface area (Å²) < 4.78 is 100. The van der Waals surface area contributed by atoms with Gasteiger partial charge in [-0.25, -0.2) is 14.4 Å². The zero-order chi connectivity index (χ0) is 108. The van der Waals surface area contributed by atoms with Crippen molar-refractivity contribution < 1.29 is 45.3 Å². The van der Waals surface area contributed by atoms with Crippen molar-refractivity contribution in [2.45, 2.75) is 303 Å². The maximum absolute atomic E-state index is 12.5. The summed E-state index contributed by atoms with van der Waals surface area (Å²) in [4.78, 5) is 24.9. The molecule has 7 heterocycles. The monoisotopic (exact) mass is 2280 g/mol. The Balaban J connectivity index is 0.000000772. The van der Waals surface area contributed by atoms with Gasteiger partial charge in [0.1, 0.15) is 17.4 Å². The molecule has 0 bridgehead atoms. The van der Waals surface area contributed by atoms with Crippen molar-refractivity contribution in [1.82, 2.24) is 29.9 Å². The Morgan fingerprint density at radius 3 is 1.22 bits per heavy atom. The summed E-state index contributed by atoms with van der Waals surface area (Å²) in [5.41, 5.74) is 13.0. The molecule has 1 fully saturated rings. The summed E-state index contributed by atoms with van der Waals surface area (Å²) in [5, 5.41) is 12.5. The topological polar surface area (TPSA) is 119 Å². The number of H-pyrrole nitrogens is 1. The number of benzene rings is 7. The van der Waals surface area contributed by atoms with E-state index in [4.69, 9.17) is 32.7 Å². The predicted molar refractivity (Wildman–Crippen MR) is 610 cm³/mol. The van der Waals surface area contributed by atoms with E-state index in [-0.39, 0.29) is 29.3 Å². The van der Waals surface area contributed by atoms with E-state index < -0.39 is 23.5 Å². The number of halogens is 13. The Hall–Kier alpha value is -8.22. The summed E-state index contributed by atoms with van der Waals surface area (Å²) in [6.07, 6.45) is 8.86. The minimum atomic E-state index is -4.23. The molecule has 7 aromatic carbocycles. The Morgan fingerprint density at radius 1 is 0.420 bits per heavy atom. The number of phenols is 1. The number of phenolic OH excluding ortho intramolecular Hbond substituents is 1. The van der Waals surface area contributed by atoms with Gasteiger partial charge in [0.15, 0.2) is 0 Å². The summed E-state index contributed by atoms with van der Waals surface area (Å²) in [7, 11) is 1.72. The van der Waals surface area contributed by atoms with Crippen molar-refractivity contribution in [1.29, 1.82) is 0 Å². The average molecular weight is 2290 g/mol. The first kappa shape index (κ1) is 133. The molecule has 0 saturated carbocycles. The van der Waals surface area contributed by atoms with Crippen LogP contribution in [0.4, 0.5) is 30.7 Å². The van der Waals surface area contributed by atoms with Crippen LogP contribution in [0, 0.1) is 17.7 Å². The predicted octanol–water partition coefficient (Wildman–Crippen LogP) is 41.3. The molecule has 1 saturated heterocycles. The normalized spacial score (nSPS) is 11.9. The fraction of sp³-hybridized carbons (Fsp3) is 0.425. The molecule has 0 radical (unpaired) electrons. The van der Waals surface area contributed by atoms with Gasteiger partial charge in [-0.1, -0.05) is 334 Å². The highest BCUT2D eigenvalue weighted by Crippen LogP contribution is 2.37. The Labute approximate surface area is 902 Å². The molecule has 0 aliphatic carbocycles. The lowest BCUT2D eigenvalue weighted by Gasteiger charge is -2.24. The molecular formula is C120H159Br4Cl2F7N6O3S. The maximum atomic E-state index is 12.5. The minimum Gasteiger partial charge on any atom is -0.506 e. The van der Waals surface area contributed by atoms with Crippen molar-refractivity contribution in [3.63, 3.8) is 0 Å². The highest BCUT2D eigenvalue weighted by atomic mass is 79.9. The number of thiophene rings is 1. The SMILES string of the molecule is CC(C)C1CCCOC1.CC(C)c1cc(Br)cc(Br)c1.CC(C)c1cc(Cl)cc(Cl)c1O.CC(C)c1ccc(Br)c(Br)c1.CC(C)c1ccc(C(F)(F)F)cc1.CC(C)c1ccc(C(F)(F)F)cc1.CC(C)c1ccc[nH]1.CC(C)c1cccc(F)c1.CC(C)c1ccccn1.CC(C)c1cccnc1.CC(C)c1cccs1.CC(C)c1ccncc1.CC(C)c1ncccn1.COCc1ccc(C(C)C)cc1. The first-order valence-electron chi connectivity index (χ1n) is 49.1. The van der Waals surface area contributed by atoms with Gasteiger partial charge in [0.2, 0.25) is 0 Å². The number of nitrogens with zero attached hydrogens (tertiary/aromatic N) is 5. The van der Waals surface area contributed by atoms with Crippen molar-refractivity contribution in [2.24, 2.45) is 11.8 Å². The Kier molecular flexibility index (Phi) is 67.8. The van der Waals surface area contributed by atoms with Crippen molar-refractivity contribution in [2.75, 3.05) is 20.3 Å². The lowest BCUT2D eigenvalue weighted by Crippen LogP contribution is -2.21. The van der Waals surface area contributed by atoms with Crippen LogP contribution in [-0.4, -0.2) is 55.3 Å². The molecule has 6 aromatic heterocycles. The summed E-state index contributed by atoms with van der Waals surface area (Å²) >= 11 is 27.1. The standard InChI is InChI=1S/C11H16O.2C10H11F3.2C9H10Br2.C9H10Cl2O.C9H11F.3C8H11N.C8H16O.C7H10N2.C7H11N.C7H10S/c1-9(2)11-6-4-10(5-7-11)8-12-3;2*1-7(2)8-3-5-9(6-4-8)10(11,12)13;1-6(2)7-3-8(10)5-9(11)4-7;1-6(2)7-3-4-8(10)9(11)5-7;1-5(2)7-3-6(10)4-8(11)9(7)12;1-7(2)8-4-3-5-9(10)6-8;1-7(2)8-3-5-9-6-4-8;1-7(2)8-4-3-5-9-6-8;1-7(2)8-5-3-4-6-9-8;1-7(2)8-4-3-5-9-6-8;1-6(2)7-8-4-3-5-9-7;2*1-6(2)7-4-3-5-8-7/h4-7,9H,8H2,1-3H3;2*3-7H,1-2H3;2*3-6H,1-2H3;3-5,12H,1-2H3;3-7H,1-2H3;3*3-7H,1-2H3;7-8H,3-6H2,1-2H3;3-6H,1-2H3;3-6,8H,1-2H3;3-6H,1-2H3. The molecule has 2 N–H and O–H groups in total. The number of nitrogens with one attached hydrogen (secondary N) is 1. The first-order chi connectivity index (χ1) is 67.1. The van der Waals surface area contributed by atoms with E-state index in [1.807, 2.05) is 145 Å². The second kappa shape index (κ2) is 73.0. The molecule has 1 aliphatic heterocycles. The van der Waals surface area contributed by atoms with E-state index in [9.17, 15) is 35.8 Å². The van der Waals surface area contributed by atoms with E-state index in [0.717, 1.165) is 101 Å². The molecule has 13 aromatic rings. The maximum Gasteiger partial charge on any atom is 0.416 e. The third kappa shape index (κ3) is 59.4. The molecule has 1 atom stereocenters. The molecule has 1 unspecified atom stereocenters. The van der Waals surface area contributed by atoms with Crippen LogP contribution in [0.25, 0.3) is 0 Å². The number of aromatic amines is 1. The fourth-order valence-corrected chi connectivity index (χ4v) is 15.6. The van der Waals surface area contributed by atoms with Crippen molar-refractivity contribution in [3.8, 4) is 5.75 Å². The number of aromatic nitrogens is 6. The van der Waals surface area contributed by atoms with Gasteiger partial charge >= 0.3 is 12.4 Å². The molecule has 0 spiro atoms. The van der Waals surface area contributed by atoms with Crippen LogP contribution in [-0.2, 0) is 28.4 Å². The van der Waals surface area contributed by atoms with Crippen molar-refractivity contribution in [3.05, 3.63) is 396 Å². The largest absolute Gasteiger partial charge is 0.506 e. The van der Waals surface area contributed by atoms with E-state index in [0.29, 0.717) is 75.8 Å². The zero-order valence-electron chi connectivity index (χ0n) is 89.5. The van der Waals surface area contributed by atoms with Crippen LogP contribution in [0.1, 0.15) is 372 Å². The first-order valence-corrected chi connectivity index (χ1v) is 53.9. The Morgan fingerprint density at radius 2 is 0.902 bits per heavy atom. The average Bonchev–Trinajstić information content (AvgIpc) is 1.62. The second-order valence-corrected chi connectivity index (χ2v) is 43.8. The van der Waals surface area contributed by atoms with Crippen LogP contribution in [0.5, 0.6) is 5.75 Å². The van der Waals surface area contributed by atoms with Gasteiger partial charge in [0.25, 0.3) is 0 Å². The minimum absolute atomic E-state index is 0.135. The lowest BCUT2D eigenvalue weighted by molar-refractivity contribution is -0.138. The molecule has 9 nitrogen and oxygen atoms in total. The summed E-state index contributed by atoms with van der Waals surface area (Å²) in [5.74, 6) is 9.04. The number of aromatic hydroxyl groups is 1. The molecule has 14 rings (SSSR count). The van der Waals surface area contributed by atoms with Crippen LogP contribution in [0.15, 0.2) is 291 Å². The highest BCUT2D eigenvalue weighted by Gasteiger charge is 2.31. The fourth-order valence-electron chi connectivity index (χ4n) is 12.4. The molecule has 143 heavy (non-hydrogen) atoms. The number of methoxy groups -OCH3 is 1. The second-order valence-electron chi connectivity index (χ2n) is 38.5. The smallest absolute Gasteiger partial charge is 0.416 e. The number of rotatable bonds is 16. The zero-order valence-corrected chi connectivity index (χ0v) is 98.2. The van der Waals surface area contributed by atoms with Gasteiger partial charge in [-0.2, -0.15) is 26.3 Å². The number of hydrogen-bond acceptors (Lipinski definition) is 9. The van der Waals surface area contributed by atoms with Crippen LogP contribution >= 0.6 is 98.3 Å². The highest BCUT2D eigenvalue weighted by molar-refractivity contribution is 9.13. The quantitative estimate of drug-likeness (QED) is 0.0919. The number of pyridine rings is 3. The number of ether oxygens (including phenoxy) is 2. The van der Waals surface area contributed by atoms with Gasteiger partial charge in [-0.3, -0.25) is 15.0 Å². The van der Waals surface area contributed by atoms with Crippen molar-refractivity contribution >= 4 is 98.3 Å². The molecule has 0 amide bonds. The number of alkyl halides is 6. The van der Waals surface area contributed by atoms with Gasteiger partial charge in [-0.15, -0.1) is 11.3 Å². The summed E-state index contributed by atoms with van der Waals surface area (Å²) in [6.45, 7) is 62.1. The third-order valence-corrected chi connectivity index (χ3v) is 26.2. The van der Waals surface area contributed by atoms with E-state index >= 15 is 0 Å². The number of hydrogen-bond donors (Lipinski definition) is 2. The molecule has 784 valence electrons. The third-order valence-electron chi connectivity index (χ3n) is 21.7. The molecular weight excluding hydrogens is 2130 g/mol. The Bertz CT molecular complexity index is 5090. The van der Waals surface area contributed by atoms with Gasteiger partial charge in [0, 0.05) is 115 Å². The lowest BCUT2D eigenvalue weighted by atomic mass is 9.91.